The minimum Gasteiger partial charge on any atom is -0.311 e. The quantitative estimate of drug-likeness (QED) is 0.494. The highest BCUT2D eigenvalue weighted by Crippen LogP contribution is 2.17. The van der Waals surface area contributed by atoms with E-state index in [2.05, 4.69) is 10.2 Å². The van der Waals surface area contributed by atoms with E-state index in [1.807, 2.05) is 11.8 Å². The van der Waals surface area contributed by atoms with Crippen molar-refractivity contribution in [1.29, 1.82) is 0 Å². The smallest absolute Gasteiger partial charge is 0.304 e. The van der Waals surface area contributed by atoms with Crippen molar-refractivity contribution < 1.29 is 9.31 Å². The molecule has 20 heavy (non-hydrogen) atoms. The molecule has 1 fully saturated rings. The number of nitro groups is 1. The fraction of sp³-hybridized carbons (Fsp3) is 0.538. The lowest BCUT2D eigenvalue weighted by Gasteiger charge is -2.26. The van der Waals surface area contributed by atoms with Crippen LogP contribution in [0.4, 0.5) is 10.1 Å². The van der Waals surface area contributed by atoms with Gasteiger partial charge in [-0.15, -0.1) is 0 Å². The molecule has 0 aromatic heterocycles. The van der Waals surface area contributed by atoms with Gasteiger partial charge in [-0.05, 0) is 11.6 Å². The zero-order valence-electron chi connectivity index (χ0n) is 11.2. The second-order valence-electron chi connectivity index (χ2n) is 4.67. The third kappa shape index (κ3) is 4.43. The molecule has 110 valence electrons. The summed E-state index contributed by atoms with van der Waals surface area (Å²) >= 11 is 1.98. The van der Waals surface area contributed by atoms with Crippen LogP contribution >= 0.6 is 11.8 Å². The van der Waals surface area contributed by atoms with E-state index in [0.717, 1.165) is 31.7 Å². The molecule has 0 amide bonds. The van der Waals surface area contributed by atoms with Crippen molar-refractivity contribution in [2.45, 2.75) is 6.54 Å². The van der Waals surface area contributed by atoms with Gasteiger partial charge in [0.15, 0.2) is 0 Å². The van der Waals surface area contributed by atoms with Crippen molar-refractivity contribution in [2.24, 2.45) is 0 Å². The average molecular weight is 299 g/mol. The summed E-state index contributed by atoms with van der Waals surface area (Å²) in [5.74, 6) is 1.60. The van der Waals surface area contributed by atoms with Gasteiger partial charge in [-0.2, -0.15) is 16.2 Å². The molecular weight excluding hydrogens is 281 g/mol. The lowest BCUT2D eigenvalue weighted by Crippen LogP contribution is -2.37. The number of halogens is 1. The Balaban J connectivity index is 1.73. The highest BCUT2D eigenvalue weighted by atomic mass is 32.2. The third-order valence-electron chi connectivity index (χ3n) is 3.25. The summed E-state index contributed by atoms with van der Waals surface area (Å²) in [6, 6.07) is 4.03. The maximum Gasteiger partial charge on any atom is 0.304 e. The van der Waals surface area contributed by atoms with Crippen LogP contribution in [-0.4, -0.2) is 47.5 Å². The molecule has 2 rings (SSSR count). The van der Waals surface area contributed by atoms with Gasteiger partial charge in [0.1, 0.15) is 0 Å². The molecular formula is C13H18FN3O2S. The zero-order valence-corrected chi connectivity index (χ0v) is 12.0. The van der Waals surface area contributed by atoms with Crippen molar-refractivity contribution in [3.05, 3.63) is 39.7 Å². The van der Waals surface area contributed by atoms with Crippen LogP contribution in [0.1, 0.15) is 5.56 Å². The number of nitrogens with zero attached hydrogens (tertiary/aromatic N) is 2. The molecule has 1 aromatic rings. The summed E-state index contributed by atoms with van der Waals surface area (Å²) < 4.78 is 13.4. The Morgan fingerprint density at radius 1 is 1.40 bits per heavy atom. The number of hydrogen-bond acceptors (Lipinski definition) is 5. The molecule has 1 aromatic carbocycles. The summed E-state index contributed by atoms with van der Waals surface area (Å²) in [7, 11) is 0. The molecule has 1 aliphatic rings. The molecule has 0 bridgehead atoms. The Labute approximate surface area is 121 Å². The summed E-state index contributed by atoms with van der Waals surface area (Å²) in [4.78, 5) is 12.2. The normalized spacial score (nSPS) is 16.2. The summed E-state index contributed by atoms with van der Waals surface area (Å²) in [5, 5.41) is 13.8. The largest absolute Gasteiger partial charge is 0.311 e. The number of hydrogen-bond donors (Lipinski definition) is 1. The maximum absolute atomic E-state index is 13.4. The van der Waals surface area contributed by atoms with E-state index in [1.54, 1.807) is 6.07 Å². The summed E-state index contributed by atoms with van der Waals surface area (Å²) in [6.07, 6.45) is 0. The summed E-state index contributed by atoms with van der Waals surface area (Å²) in [6.45, 7) is 4.59. The SMILES string of the molecule is O=[N+]([O-])c1ccc(CNCCN2CCSCC2)cc1F. The van der Waals surface area contributed by atoms with Crippen molar-refractivity contribution in [3.63, 3.8) is 0 Å². The first-order chi connectivity index (χ1) is 9.66. The van der Waals surface area contributed by atoms with E-state index in [0.29, 0.717) is 6.54 Å². The lowest BCUT2D eigenvalue weighted by atomic mass is 10.2. The topological polar surface area (TPSA) is 58.4 Å². The molecule has 7 heteroatoms. The Hall–Kier alpha value is -1.18. The molecule has 0 atom stereocenters. The Bertz CT molecular complexity index is 467. The highest BCUT2D eigenvalue weighted by Gasteiger charge is 2.13. The van der Waals surface area contributed by atoms with Crippen molar-refractivity contribution in [3.8, 4) is 0 Å². The molecule has 1 saturated heterocycles. The van der Waals surface area contributed by atoms with Crippen LogP contribution in [0.5, 0.6) is 0 Å². The minimum atomic E-state index is -0.776. The molecule has 0 aliphatic carbocycles. The van der Waals surface area contributed by atoms with E-state index in [1.165, 1.54) is 23.6 Å². The van der Waals surface area contributed by atoms with Crippen LogP contribution in [0.25, 0.3) is 0 Å². The first-order valence-corrected chi connectivity index (χ1v) is 7.76. The molecule has 0 spiro atoms. The molecule has 1 aliphatic heterocycles. The van der Waals surface area contributed by atoms with Gasteiger partial charge in [0.05, 0.1) is 4.92 Å². The fourth-order valence-electron chi connectivity index (χ4n) is 2.10. The van der Waals surface area contributed by atoms with Crippen LogP contribution in [0.3, 0.4) is 0 Å². The van der Waals surface area contributed by atoms with Gasteiger partial charge in [-0.25, -0.2) is 0 Å². The second-order valence-corrected chi connectivity index (χ2v) is 5.90. The van der Waals surface area contributed by atoms with Crippen molar-refractivity contribution in [1.82, 2.24) is 10.2 Å². The van der Waals surface area contributed by atoms with E-state index in [-0.39, 0.29) is 0 Å². The van der Waals surface area contributed by atoms with E-state index in [4.69, 9.17) is 0 Å². The van der Waals surface area contributed by atoms with E-state index in [9.17, 15) is 14.5 Å². The molecule has 5 nitrogen and oxygen atoms in total. The van der Waals surface area contributed by atoms with Gasteiger partial charge in [0.25, 0.3) is 0 Å². The van der Waals surface area contributed by atoms with Crippen LogP contribution in [0, 0.1) is 15.9 Å². The lowest BCUT2D eigenvalue weighted by molar-refractivity contribution is -0.387. The number of benzene rings is 1. The Morgan fingerprint density at radius 3 is 2.80 bits per heavy atom. The summed E-state index contributed by atoms with van der Waals surface area (Å²) in [5.41, 5.74) is 0.252. The number of thioether (sulfide) groups is 1. The van der Waals surface area contributed by atoms with Crippen LogP contribution in [-0.2, 0) is 6.54 Å². The Kier molecular flexibility index (Phi) is 5.75. The predicted molar refractivity (Wildman–Crippen MR) is 78.5 cm³/mol. The van der Waals surface area contributed by atoms with E-state index >= 15 is 0 Å². The number of nitrogens with one attached hydrogen (secondary N) is 1. The molecule has 0 radical (unpaired) electrons. The first kappa shape index (κ1) is 15.2. The monoisotopic (exact) mass is 299 g/mol. The third-order valence-corrected chi connectivity index (χ3v) is 4.19. The zero-order chi connectivity index (χ0) is 14.4. The molecule has 1 heterocycles. The standard InChI is InChI=1S/C13H18FN3O2S/c14-12-9-11(1-2-13(12)17(18)19)10-15-3-4-16-5-7-20-8-6-16/h1-2,9,15H,3-8,10H2. The number of rotatable bonds is 6. The molecule has 0 saturated carbocycles. The molecule has 0 unspecified atom stereocenters. The van der Waals surface area contributed by atoms with Crippen molar-refractivity contribution >= 4 is 17.4 Å². The predicted octanol–water partition coefficient (Wildman–Crippen LogP) is 1.87. The van der Waals surface area contributed by atoms with Crippen LogP contribution < -0.4 is 5.32 Å². The minimum absolute atomic E-state index is 0.473. The van der Waals surface area contributed by atoms with Gasteiger partial charge in [-0.3, -0.25) is 10.1 Å². The van der Waals surface area contributed by atoms with Gasteiger partial charge >= 0.3 is 5.69 Å². The Morgan fingerprint density at radius 2 is 2.15 bits per heavy atom. The van der Waals surface area contributed by atoms with Gasteiger partial charge in [0.2, 0.25) is 5.82 Å². The van der Waals surface area contributed by atoms with Gasteiger partial charge < -0.3 is 10.2 Å². The average Bonchev–Trinajstić information content (AvgIpc) is 2.44. The maximum atomic E-state index is 13.4. The number of nitro benzene ring substituents is 1. The highest BCUT2D eigenvalue weighted by molar-refractivity contribution is 7.99. The van der Waals surface area contributed by atoms with Gasteiger partial charge in [-0.1, -0.05) is 6.07 Å². The van der Waals surface area contributed by atoms with Crippen molar-refractivity contribution in [2.75, 3.05) is 37.7 Å². The second kappa shape index (κ2) is 7.56. The van der Waals surface area contributed by atoms with Gasteiger partial charge in [0, 0.05) is 50.3 Å². The van der Waals surface area contributed by atoms with E-state index < -0.39 is 16.4 Å². The van der Waals surface area contributed by atoms with Crippen LogP contribution in [0.15, 0.2) is 18.2 Å². The van der Waals surface area contributed by atoms with Crippen LogP contribution in [0.2, 0.25) is 0 Å². The fourth-order valence-corrected chi connectivity index (χ4v) is 3.08. The first-order valence-electron chi connectivity index (χ1n) is 6.60. The molecule has 1 N–H and O–H groups in total.